The number of nitrogens with zero attached hydrogens (tertiary/aromatic N) is 4. The summed E-state index contributed by atoms with van der Waals surface area (Å²) in [6.07, 6.45) is 2.92. The van der Waals surface area contributed by atoms with Gasteiger partial charge in [0.2, 0.25) is 0 Å². The molecule has 2 N–H and O–H groups in total. The Kier molecular flexibility index (Phi) is 1.19. The largest absolute Gasteiger partial charge is 0.288 e. The average Bonchev–Trinajstić information content (AvgIpc) is 2.50. The molecule has 0 fully saturated rings. The fourth-order valence-corrected chi connectivity index (χ4v) is 0.831. The van der Waals surface area contributed by atoms with Crippen molar-refractivity contribution in [1.29, 1.82) is 0 Å². The molecule has 0 aliphatic rings. The number of rotatable bonds is 1. The number of hydrogen-bond donors (Lipinski definition) is 2. The lowest BCUT2D eigenvalue weighted by Crippen LogP contribution is -2.03. The molecule has 0 aliphatic carbocycles. The standard InChI is InChI=1S/C5H5N5O/c11-9-5-7-3-6-4-1-2-8-10(4)5/h1-3,11H,(H,6,7,9). The molecule has 56 valence electrons. The lowest BCUT2D eigenvalue weighted by molar-refractivity contribution is 0.379. The van der Waals surface area contributed by atoms with Gasteiger partial charge in [-0.3, -0.25) is 5.21 Å². The molecule has 0 aliphatic heterocycles. The molecule has 2 aromatic rings. The second kappa shape index (κ2) is 2.17. The smallest absolute Gasteiger partial charge is 0.251 e. The predicted molar refractivity (Wildman–Crippen MR) is 36.2 cm³/mol. The molecule has 0 amide bonds. The van der Waals surface area contributed by atoms with E-state index in [1.54, 1.807) is 12.3 Å². The third-order valence-corrected chi connectivity index (χ3v) is 1.29. The third kappa shape index (κ3) is 0.802. The molecule has 0 radical (unpaired) electrons. The number of aromatic nitrogens is 4. The van der Waals surface area contributed by atoms with E-state index in [2.05, 4.69) is 15.1 Å². The molecule has 0 saturated heterocycles. The highest BCUT2D eigenvalue weighted by Gasteiger charge is 1.99. The van der Waals surface area contributed by atoms with Crippen LogP contribution in [0.5, 0.6) is 0 Å². The summed E-state index contributed by atoms with van der Waals surface area (Å²) in [5, 5.41) is 12.4. The average molecular weight is 151 g/mol. The molecule has 0 saturated carbocycles. The number of anilines is 1. The van der Waals surface area contributed by atoms with Crippen LogP contribution in [0, 0.1) is 0 Å². The minimum Gasteiger partial charge on any atom is -0.288 e. The molecular weight excluding hydrogens is 146 g/mol. The van der Waals surface area contributed by atoms with E-state index in [-0.39, 0.29) is 5.95 Å². The van der Waals surface area contributed by atoms with Gasteiger partial charge in [-0.1, -0.05) is 0 Å². The zero-order valence-electron chi connectivity index (χ0n) is 5.47. The van der Waals surface area contributed by atoms with Crippen molar-refractivity contribution in [1.82, 2.24) is 19.6 Å². The maximum atomic E-state index is 8.55. The van der Waals surface area contributed by atoms with E-state index in [1.165, 1.54) is 10.8 Å². The maximum absolute atomic E-state index is 8.55. The molecule has 0 unspecified atom stereocenters. The van der Waals surface area contributed by atoms with Crippen LogP contribution in [0.2, 0.25) is 0 Å². The Balaban J connectivity index is 2.79. The minimum atomic E-state index is 0.250. The summed E-state index contributed by atoms with van der Waals surface area (Å²) in [5.41, 5.74) is 2.54. The summed E-state index contributed by atoms with van der Waals surface area (Å²) >= 11 is 0. The van der Waals surface area contributed by atoms with Crippen molar-refractivity contribution in [3.05, 3.63) is 18.6 Å². The van der Waals surface area contributed by atoms with Gasteiger partial charge in [0.15, 0.2) is 5.65 Å². The summed E-state index contributed by atoms with van der Waals surface area (Å²) in [4.78, 5) is 7.61. The fraction of sp³-hybridized carbons (Fsp3) is 0. The second-order valence-electron chi connectivity index (χ2n) is 1.91. The highest BCUT2D eigenvalue weighted by Crippen LogP contribution is 2.02. The van der Waals surface area contributed by atoms with Gasteiger partial charge < -0.3 is 0 Å². The van der Waals surface area contributed by atoms with Crippen molar-refractivity contribution in [2.75, 3.05) is 5.48 Å². The van der Waals surface area contributed by atoms with E-state index in [0.29, 0.717) is 5.65 Å². The molecule has 2 heterocycles. The van der Waals surface area contributed by atoms with Crippen LogP contribution in [0.15, 0.2) is 18.6 Å². The van der Waals surface area contributed by atoms with Crippen molar-refractivity contribution < 1.29 is 5.21 Å². The Morgan fingerprint density at radius 2 is 2.36 bits per heavy atom. The molecule has 0 spiro atoms. The van der Waals surface area contributed by atoms with Crippen molar-refractivity contribution in [3.63, 3.8) is 0 Å². The summed E-state index contributed by atoms with van der Waals surface area (Å²) in [7, 11) is 0. The van der Waals surface area contributed by atoms with Gasteiger partial charge in [-0.05, 0) is 0 Å². The SMILES string of the molecule is ONc1ncnc2ccnn12. The Labute approximate surface area is 61.5 Å². The third-order valence-electron chi connectivity index (χ3n) is 1.29. The van der Waals surface area contributed by atoms with Gasteiger partial charge in [0.1, 0.15) is 6.33 Å². The van der Waals surface area contributed by atoms with Crippen LogP contribution in [-0.2, 0) is 0 Å². The van der Waals surface area contributed by atoms with Crippen molar-refractivity contribution >= 4 is 11.6 Å². The van der Waals surface area contributed by atoms with E-state index in [4.69, 9.17) is 5.21 Å². The van der Waals surface area contributed by atoms with Gasteiger partial charge in [0.25, 0.3) is 5.95 Å². The maximum Gasteiger partial charge on any atom is 0.251 e. The molecule has 11 heavy (non-hydrogen) atoms. The molecule has 2 aromatic heterocycles. The molecule has 0 bridgehead atoms. The fourth-order valence-electron chi connectivity index (χ4n) is 0.831. The van der Waals surface area contributed by atoms with E-state index >= 15 is 0 Å². The Morgan fingerprint density at radius 1 is 1.45 bits per heavy atom. The van der Waals surface area contributed by atoms with E-state index in [9.17, 15) is 0 Å². The van der Waals surface area contributed by atoms with E-state index in [1.807, 2.05) is 5.48 Å². The zero-order valence-corrected chi connectivity index (χ0v) is 5.47. The van der Waals surface area contributed by atoms with Crippen LogP contribution in [0.1, 0.15) is 0 Å². The minimum absolute atomic E-state index is 0.250. The van der Waals surface area contributed by atoms with Gasteiger partial charge >= 0.3 is 0 Å². The quantitative estimate of drug-likeness (QED) is 0.558. The lowest BCUT2D eigenvalue weighted by atomic mass is 10.7. The molecular formula is C5H5N5O. The Morgan fingerprint density at radius 3 is 3.18 bits per heavy atom. The van der Waals surface area contributed by atoms with Gasteiger partial charge in [-0.2, -0.15) is 14.6 Å². The first kappa shape index (κ1) is 6.05. The van der Waals surface area contributed by atoms with Gasteiger partial charge in [-0.15, -0.1) is 0 Å². The van der Waals surface area contributed by atoms with Gasteiger partial charge in [0, 0.05) is 6.07 Å². The molecule has 2 rings (SSSR count). The predicted octanol–water partition coefficient (Wildman–Crippen LogP) is -0.0746. The van der Waals surface area contributed by atoms with Crippen molar-refractivity contribution in [2.24, 2.45) is 0 Å². The highest BCUT2D eigenvalue weighted by molar-refractivity contribution is 5.40. The van der Waals surface area contributed by atoms with Gasteiger partial charge in [0.05, 0.1) is 6.20 Å². The topological polar surface area (TPSA) is 75.3 Å². The summed E-state index contributed by atoms with van der Waals surface area (Å²) < 4.78 is 1.39. The van der Waals surface area contributed by atoms with E-state index in [0.717, 1.165) is 0 Å². The van der Waals surface area contributed by atoms with Crippen LogP contribution in [0.3, 0.4) is 0 Å². The second-order valence-corrected chi connectivity index (χ2v) is 1.91. The number of fused-ring (bicyclic) bond motifs is 1. The van der Waals surface area contributed by atoms with Gasteiger partial charge in [-0.25, -0.2) is 10.5 Å². The monoisotopic (exact) mass is 151 g/mol. The van der Waals surface area contributed by atoms with Crippen LogP contribution in [0.25, 0.3) is 5.65 Å². The number of nitrogens with one attached hydrogen (secondary N) is 1. The molecule has 0 aromatic carbocycles. The first-order chi connectivity index (χ1) is 5.42. The van der Waals surface area contributed by atoms with Crippen LogP contribution >= 0.6 is 0 Å². The molecule has 6 heteroatoms. The Hall–Kier alpha value is -1.69. The summed E-state index contributed by atoms with van der Waals surface area (Å²) in [5.74, 6) is 0.250. The lowest BCUT2D eigenvalue weighted by Gasteiger charge is -1.97. The van der Waals surface area contributed by atoms with Crippen LogP contribution in [-0.4, -0.2) is 24.8 Å². The Bertz CT molecular complexity index is 370. The highest BCUT2D eigenvalue weighted by atomic mass is 16.5. The normalized spacial score (nSPS) is 10.3. The summed E-state index contributed by atoms with van der Waals surface area (Å²) in [6.45, 7) is 0. The van der Waals surface area contributed by atoms with Crippen molar-refractivity contribution in [3.8, 4) is 0 Å². The first-order valence-corrected chi connectivity index (χ1v) is 2.96. The van der Waals surface area contributed by atoms with Crippen molar-refractivity contribution in [2.45, 2.75) is 0 Å². The van der Waals surface area contributed by atoms with E-state index < -0.39 is 0 Å². The van der Waals surface area contributed by atoms with Crippen LogP contribution in [0.4, 0.5) is 5.95 Å². The zero-order chi connectivity index (χ0) is 7.68. The number of hydrogen-bond acceptors (Lipinski definition) is 5. The molecule has 0 atom stereocenters. The summed E-state index contributed by atoms with van der Waals surface area (Å²) in [6, 6.07) is 1.71. The first-order valence-electron chi connectivity index (χ1n) is 2.96. The van der Waals surface area contributed by atoms with Crippen LogP contribution < -0.4 is 5.48 Å². The molecule has 6 nitrogen and oxygen atoms in total.